The van der Waals surface area contributed by atoms with Crippen LogP contribution in [-0.4, -0.2) is 132 Å². The predicted octanol–water partition coefficient (Wildman–Crippen LogP) is 14.8. The number of aliphatic hydroxyl groups is 1. The molecule has 25 heteroatoms. The number of rotatable bonds is 15. The number of urea groups is 3. The zero-order valence-corrected chi connectivity index (χ0v) is 60.0. The Hall–Kier alpha value is -11.6. The summed E-state index contributed by atoms with van der Waals surface area (Å²) in [4.78, 5) is 57.5. The molecule has 25 nitrogen and oxygen atoms in total. The summed E-state index contributed by atoms with van der Waals surface area (Å²) in [6.07, 6.45) is 9.08. The van der Waals surface area contributed by atoms with Crippen LogP contribution in [0.15, 0.2) is 123 Å². The van der Waals surface area contributed by atoms with E-state index in [4.69, 9.17) is 27.8 Å². The maximum Gasteiger partial charge on any atom is 0.317 e. The van der Waals surface area contributed by atoms with Gasteiger partial charge in [0, 0.05) is 72.6 Å². The van der Waals surface area contributed by atoms with E-state index in [1.54, 1.807) is 47.4 Å². The highest BCUT2D eigenvalue weighted by Gasteiger charge is 2.35. The van der Waals surface area contributed by atoms with Gasteiger partial charge < -0.3 is 63.5 Å². The molecular formula is C81H89N15O10. The lowest BCUT2D eigenvalue weighted by Crippen LogP contribution is -2.53. The molecule has 4 N–H and O–H groups in total. The van der Waals surface area contributed by atoms with Crippen molar-refractivity contribution in [2.45, 2.75) is 169 Å². The van der Waals surface area contributed by atoms with Crippen molar-refractivity contribution in [2.24, 2.45) is 5.92 Å². The lowest BCUT2D eigenvalue weighted by atomic mass is 10.0. The number of ether oxygens (including phenoxy) is 3. The highest BCUT2D eigenvalue weighted by molar-refractivity contribution is 5.78. The third-order valence-electron chi connectivity index (χ3n) is 19.6. The Bertz CT molecular complexity index is 4790. The van der Waals surface area contributed by atoms with Gasteiger partial charge in [0.15, 0.2) is 0 Å². The van der Waals surface area contributed by atoms with E-state index in [0.29, 0.717) is 118 Å². The molecule has 6 amide bonds. The van der Waals surface area contributed by atoms with Crippen LogP contribution in [0.2, 0.25) is 0 Å². The number of carbonyl (C=O) groups excluding carboxylic acids is 3. The fourth-order valence-corrected chi connectivity index (χ4v) is 14.5. The average Bonchev–Trinajstić information content (AvgIpc) is 1.64. The molecule has 6 aliphatic rings. The van der Waals surface area contributed by atoms with Crippen molar-refractivity contribution in [2.75, 3.05) is 39.3 Å². The van der Waals surface area contributed by atoms with Gasteiger partial charge in [-0.2, -0.15) is 30.7 Å². The fraction of sp³-hybridized carbons (Fsp3) is 0.407. The average molecular weight is 1430 g/mol. The minimum atomic E-state index is -0.318. The number of piperidine rings is 2. The SMILES string of the molecule is C.CC(C)Oc1ccc(-c2nc(-c3cccc4c3CC[C@@H]4NC(=O)N3CCC(O)CC3)no2)cc1C#N.CC(C)Oc1ccc(-c2nc(-c3cccc4c3CC[C@@H]4NC(=O)N3CCCCC3)no2)cc1C#N.CC1CN(C(=O)N[C@H]2CCc3c(-c4noc(-c5ccc(OC(C)C)c(C#N)c5)n4)cccc32)C1. The zero-order valence-electron chi connectivity index (χ0n) is 60.0. The van der Waals surface area contributed by atoms with E-state index in [0.717, 1.165) is 128 Å². The second-order valence-corrected chi connectivity index (χ2v) is 28.3. The van der Waals surface area contributed by atoms with Crippen molar-refractivity contribution < 1.29 is 47.3 Å². The maximum absolute atomic E-state index is 12.8. The van der Waals surface area contributed by atoms with Gasteiger partial charge in [0.25, 0.3) is 17.7 Å². The number of aliphatic hydroxyl groups excluding tert-OH is 1. The molecule has 106 heavy (non-hydrogen) atoms. The standard InChI is InChI=1S/C27H29N5O4.C27H29N5O3.C26H27N5O3.CH4/c1-16(2)35-24-9-6-17(14-18(24)15-28)26-30-25(31-36-26)22-5-3-4-21-20(22)7-8-23(21)29-27(34)32-12-10-19(33)11-13-32;1-17(2)34-24-12-9-18(15-19(24)16-28)26-30-25(31-35-26)22-8-6-7-21-20(22)10-11-23(21)29-27(33)32-13-4-3-5-14-32;1-15(2)33-23-10-7-17(11-18(23)12-27)25-29-24(30-34-25)21-6-4-5-20-19(21)8-9-22(20)28-26(32)31-13-16(3)14-31;/h3-6,9,14,16,19,23,33H,7-8,10-13H2,1-2H3,(H,29,34);6-9,12,15,17,23H,3-5,10-11,13-14H2,1-2H3,(H,29,33);4-7,10-11,15-16,22H,8-9,13-14H2,1-3H3,(H,28,32);1H4/t2*23-;22-;/m000./s1. The Kier molecular flexibility index (Phi) is 23.1. The Morgan fingerprint density at radius 2 is 0.802 bits per heavy atom. The molecule has 15 rings (SSSR count). The predicted molar refractivity (Wildman–Crippen MR) is 395 cm³/mol. The third kappa shape index (κ3) is 16.6. The first-order chi connectivity index (χ1) is 50.9. The molecule has 3 atom stereocenters. The van der Waals surface area contributed by atoms with E-state index in [9.17, 15) is 35.3 Å². The second kappa shape index (κ2) is 33.0. The molecule has 0 radical (unpaired) electrons. The number of carbonyl (C=O) groups is 3. The molecule has 548 valence electrons. The smallest absolute Gasteiger partial charge is 0.317 e. The number of nitriles is 3. The molecule has 3 saturated heterocycles. The molecule has 0 spiro atoms. The van der Waals surface area contributed by atoms with E-state index >= 15 is 0 Å². The number of hydrogen-bond acceptors (Lipinski definition) is 19. The summed E-state index contributed by atoms with van der Waals surface area (Å²) in [6.45, 7) is 18.1. The van der Waals surface area contributed by atoms with E-state index in [1.165, 1.54) is 6.42 Å². The molecule has 3 fully saturated rings. The van der Waals surface area contributed by atoms with E-state index in [1.807, 2.05) is 106 Å². The quantitative estimate of drug-likeness (QED) is 0.0741. The van der Waals surface area contributed by atoms with Gasteiger partial charge in [-0.15, -0.1) is 0 Å². The zero-order chi connectivity index (χ0) is 73.4. The van der Waals surface area contributed by atoms with Crippen LogP contribution in [-0.2, 0) is 19.3 Å². The van der Waals surface area contributed by atoms with Gasteiger partial charge in [0.05, 0.1) is 59.2 Å². The van der Waals surface area contributed by atoms with E-state index < -0.39 is 0 Å². The Balaban J connectivity index is 0.000000148. The molecule has 0 bridgehead atoms. The Morgan fingerprint density at radius 3 is 1.12 bits per heavy atom. The number of hydrogen-bond donors (Lipinski definition) is 4. The topological polar surface area (TPSA) is 333 Å². The first-order valence-electron chi connectivity index (χ1n) is 36.2. The molecule has 9 aromatic rings. The van der Waals surface area contributed by atoms with Gasteiger partial charge in [-0.25, -0.2) is 14.4 Å². The fourth-order valence-electron chi connectivity index (χ4n) is 14.5. The van der Waals surface area contributed by atoms with E-state index in [-0.39, 0.29) is 68.1 Å². The lowest BCUT2D eigenvalue weighted by molar-refractivity contribution is 0.0928. The van der Waals surface area contributed by atoms with Gasteiger partial charge in [0.2, 0.25) is 17.5 Å². The molecule has 3 aliphatic carbocycles. The first-order valence-corrected chi connectivity index (χ1v) is 36.2. The van der Waals surface area contributed by atoms with Crippen LogP contribution in [0.3, 0.4) is 0 Å². The number of fused-ring (bicyclic) bond motifs is 3. The highest BCUT2D eigenvalue weighted by atomic mass is 16.5. The highest BCUT2D eigenvalue weighted by Crippen LogP contribution is 2.42. The molecular weight excluding hydrogens is 1340 g/mol. The summed E-state index contributed by atoms with van der Waals surface area (Å²) in [5.74, 6) is 4.64. The minimum absolute atomic E-state index is 0. The van der Waals surface area contributed by atoms with Crippen LogP contribution in [0.1, 0.15) is 175 Å². The summed E-state index contributed by atoms with van der Waals surface area (Å²) < 4.78 is 33.8. The van der Waals surface area contributed by atoms with Crippen LogP contribution >= 0.6 is 0 Å². The number of nitrogens with one attached hydrogen (secondary N) is 3. The van der Waals surface area contributed by atoms with Crippen LogP contribution < -0.4 is 30.2 Å². The number of amides is 6. The summed E-state index contributed by atoms with van der Waals surface area (Å²) in [7, 11) is 0. The second-order valence-electron chi connectivity index (χ2n) is 28.3. The Morgan fingerprint density at radius 1 is 0.472 bits per heavy atom. The summed E-state index contributed by atoms with van der Waals surface area (Å²) >= 11 is 0. The monoisotopic (exact) mass is 1430 g/mol. The lowest BCUT2D eigenvalue weighted by Gasteiger charge is -2.37. The van der Waals surface area contributed by atoms with Gasteiger partial charge in [-0.3, -0.25) is 0 Å². The molecule has 0 saturated carbocycles. The van der Waals surface area contributed by atoms with Crippen molar-refractivity contribution in [1.82, 2.24) is 61.1 Å². The van der Waals surface area contributed by atoms with Crippen LogP contribution in [0, 0.1) is 39.9 Å². The van der Waals surface area contributed by atoms with Gasteiger partial charge in [-0.05, 0) is 206 Å². The van der Waals surface area contributed by atoms with Crippen LogP contribution in [0.4, 0.5) is 14.4 Å². The maximum atomic E-state index is 12.8. The summed E-state index contributed by atoms with van der Waals surface area (Å²) in [5, 5.41) is 60.5. The first kappa shape index (κ1) is 74.1. The number of benzene rings is 6. The van der Waals surface area contributed by atoms with Crippen molar-refractivity contribution in [1.29, 1.82) is 15.8 Å². The number of nitrogens with zero attached hydrogens (tertiary/aromatic N) is 12. The van der Waals surface area contributed by atoms with Gasteiger partial charge in [0.1, 0.15) is 35.5 Å². The van der Waals surface area contributed by atoms with Crippen LogP contribution in [0.5, 0.6) is 17.2 Å². The molecule has 3 aliphatic heterocycles. The van der Waals surface area contributed by atoms with E-state index in [2.05, 4.69) is 83.6 Å². The summed E-state index contributed by atoms with van der Waals surface area (Å²) in [6, 6.07) is 40.1. The molecule has 0 unspecified atom stereocenters. The third-order valence-corrected chi connectivity index (χ3v) is 19.6. The minimum Gasteiger partial charge on any atom is -0.490 e. The largest absolute Gasteiger partial charge is 0.490 e. The van der Waals surface area contributed by atoms with Gasteiger partial charge >= 0.3 is 18.1 Å². The molecule has 6 aromatic carbocycles. The van der Waals surface area contributed by atoms with Crippen LogP contribution in [0.25, 0.3) is 68.5 Å². The number of likely N-dealkylation sites (tertiary alicyclic amines) is 3. The molecule has 6 heterocycles. The molecule has 3 aromatic heterocycles. The Labute approximate surface area is 616 Å². The number of aromatic nitrogens is 6. The van der Waals surface area contributed by atoms with Gasteiger partial charge in [-0.1, -0.05) is 84.4 Å². The van der Waals surface area contributed by atoms with Crippen molar-refractivity contribution >= 4 is 18.1 Å². The van der Waals surface area contributed by atoms with Crippen molar-refractivity contribution in [3.63, 3.8) is 0 Å². The normalized spacial score (nSPS) is 17.2. The summed E-state index contributed by atoms with van der Waals surface area (Å²) in [5.41, 5.74) is 12.6. The van der Waals surface area contributed by atoms with Crippen molar-refractivity contribution in [3.8, 4) is 104 Å². The van der Waals surface area contributed by atoms with Crippen molar-refractivity contribution in [3.05, 3.63) is 159 Å².